The van der Waals surface area contributed by atoms with Gasteiger partial charge >= 0.3 is 0 Å². The Labute approximate surface area is 45.7 Å². The third kappa shape index (κ3) is 29.6. The molecule has 0 rings (SSSR count). The summed E-state index contributed by atoms with van der Waals surface area (Å²) in [6, 6.07) is 0. The monoisotopic (exact) mass is 100 g/mol. The van der Waals surface area contributed by atoms with E-state index in [1.165, 1.54) is 0 Å². The van der Waals surface area contributed by atoms with E-state index in [1.807, 2.05) is 13.8 Å². The molecule has 1 heteroatoms. The van der Waals surface area contributed by atoms with Crippen LogP contribution in [0.1, 0.15) is 13.8 Å². The molecule has 0 aliphatic heterocycles. The van der Waals surface area contributed by atoms with E-state index in [1.54, 1.807) is 7.11 Å². The second-order valence-corrected chi connectivity index (χ2v) is 0.637. The first kappa shape index (κ1) is 9.72. The highest BCUT2D eigenvalue weighted by atomic mass is 16.5. The molecule has 0 aliphatic rings. The van der Waals surface area contributed by atoms with Crippen molar-refractivity contribution in [3.8, 4) is 12.3 Å². The molecule has 0 saturated carbocycles. The topological polar surface area (TPSA) is 9.23 Å². The maximum Gasteiger partial charge on any atom is 0.107 e. The van der Waals surface area contributed by atoms with E-state index in [2.05, 4.69) is 10.7 Å². The van der Waals surface area contributed by atoms with Gasteiger partial charge in [0.25, 0.3) is 0 Å². The van der Waals surface area contributed by atoms with Crippen LogP contribution in [0.2, 0.25) is 0 Å². The van der Waals surface area contributed by atoms with Gasteiger partial charge in [0.2, 0.25) is 0 Å². The second-order valence-electron chi connectivity index (χ2n) is 0.637. The Morgan fingerprint density at radius 3 is 2.00 bits per heavy atom. The summed E-state index contributed by atoms with van der Waals surface area (Å²) in [6.07, 6.45) is 4.76. The molecular weight excluding hydrogens is 88.1 g/mol. The van der Waals surface area contributed by atoms with Gasteiger partial charge in [0.15, 0.2) is 0 Å². The van der Waals surface area contributed by atoms with E-state index in [0.29, 0.717) is 6.61 Å². The summed E-state index contributed by atoms with van der Waals surface area (Å²) in [5, 5.41) is 0. The van der Waals surface area contributed by atoms with Crippen molar-refractivity contribution >= 4 is 0 Å². The first-order chi connectivity index (χ1) is 3.41. The molecule has 1 nitrogen and oxygen atoms in total. The number of hydrogen-bond donors (Lipinski definition) is 0. The molecule has 0 bridgehead atoms. The molecule has 0 fully saturated rings. The van der Waals surface area contributed by atoms with Gasteiger partial charge in [-0.25, -0.2) is 0 Å². The Morgan fingerprint density at radius 2 is 2.00 bits per heavy atom. The van der Waals surface area contributed by atoms with Crippen LogP contribution in [0.5, 0.6) is 0 Å². The van der Waals surface area contributed by atoms with Crippen LogP contribution in [-0.4, -0.2) is 13.7 Å². The SMILES string of the molecule is C#CCOC.CC. The first-order valence-electron chi connectivity index (χ1n) is 2.34. The van der Waals surface area contributed by atoms with E-state index in [-0.39, 0.29) is 0 Å². The fourth-order valence-corrected chi connectivity index (χ4v) is 0.0833. The average molecular weight is 100 g/mol. The molecule has 0 spiro atoms. The van der Waals surface area contributed by atoms with Crippen molar-refractivity contribution in [3.63, 3.8) is 0 Å². The maximum atomic E-state index is 4.76. The van der Waals surface area contributed by atoms with Gasteiger partial charge in [-0.15, -0.1) is 6.42 Å². The average Bonchev–Trinajstić information content (AvgIpc) is 1.75. The van der Waals surface area contributed by atoms with Crippen LogP contribution >= 0.6 is 0 Å². The van der Waals surface area contributed by atoms with Crippen LogP contribution in [0, 0.1) is 12.3 Å². The lowest BCUT2D eigenvalue weighted by atomic mass is 10.8. The Morgan fingerprint density at radius 1 is 1.57 bits per heavy atom. The molecule has 0 atom stereocenters. The van der Waals surface area contributed by atoms with Crippen molar-refractivity contribution in [2.75, 3.05) is 13.7 Å². The summed E-state index contributed by atoms with van der Waals surface area (Å²) < 4.78 is 4.45. The number of rotatable bonds is 1. The minimum absolute atomic E-state index is 0.417. The van der Waals surface area contributed by atoms with Crippen LogP contribution in [0.4, 0.5) is 0 Å². The van der Waals surface area contributed by atoms with E-state index in [0.717, 1.165) is 0 Å². The largest absolute Gasteiger partial charge is 0.372 e. The predicted molar refractivity (Wildman–Crippen MR) is 32.1 cm³/mol. The molecule has 42 valence electrons. The van der Waals surface area contributed by atoms with E-state index < -0.39 is 0 Å². The van der Waals surface area contributed by atoms with Gasteiger partial charge in [0.1, 0.15) is 6.61 Å². The molecule has 7 heavy (non-hydrogen) atoms. The normalized spacial score (nSPS) is 5.43. The standard InChI is InChI=1S/C4H6O.C2H6/c1-3-4-5-2;1-2/h1H,4H2,2H3;1-2H3. The summed E-state index contributed by atoms with van der Waals surface area (Å²) in [5.41, 5.74) is 0. The fraction of sp³-hybridized carbons (Fsp3) is 0.667. The third-order valence-corrected chi connectivity index (χ3v) is 0.228. The highest BCUT2D eigenvalue weighted by molar-refractivity contribution is 4.82. The van der Waals surface area contributed by atoms with Gasteiger partial charge in [-0.2, -0.15) is 0 Å². The van der Waals surface area contributed by atoms with Gasteiger partial charge in [-0.05, 0) is 0 Å². The lowest BCUT2D eigenvalue weighted by Crippen LogP contribution is -1.77. The number of terminal acetylenes is 1. The minimum Gasteiger partial charge on any atom is -0.372 e. The summed E-state index contributed by atoms with van der Waals surface area (Å²) in [4.78, 5) is 0. The smallest absolute Gasteiger partial charge is 0.107 e. The highest BCUT2D eigenvalue weighted by Crippen LogP contribution is 1.53. The van der Waals surface area contributed by atoms with E-state index in [9.17, 15) is 0 Å². The fourth-order valence-electron chi connectivity index (χ4n) is 0.0833. The Hall–Kier alpha value is -0.480. The summed E-state index contributed by atoms with van der Waals surface area (Å²) in [5.74, 6) is 2.30. The molecule has 0 heterocycles. The van der Waals surface area contributed by atoms with Gasteiger partial charge in [-0.3, -0.25) is 0 Å². The molecule has 0 aromatic rings. The van der Waals surface area contributed by atoms with Gasteiger partial charge < -0.3 is 4.74 Å². The molecule has 0 saturated heterocycles. The van der Waals surface area contributed by atoms with Crippen molar-refractivity contribution in [2.45, 2.75) is 13.8 Å². The van der Waals surface area contributed by atoms with Crippen LogP contribution in [-0.2, 0) is 4.74 Å². The molecule has 0 N–H and O–H groups in total. The first-order valence-corrected chi connectivity index (χ1v) is 2.34. The Kier molecular flexibility index (Phi) is 24.7. The summed E-state index contributed by atoms with van der Waals surface area (Å²) in [6.45, 7) is 4.42. The van der Waals surface area contributed by atoms with E-state index >= 15 is 0 Å². The van der Waals surface area contributed by atoms with Gasteiger partial charge in [0, 0.05) is 7.11 Å². The Balaban J connectivity index is 0. The zero-order valence-electron chi connectivity index (χ0n) is 5.19. The van der Waals surface area contributed by atoms with Crippen molar-refractivity contribution in [2.24, 2.45) is 0 Å². The maximum absolute atomic E-state index is 4.76. The van der Waals surface area contributed by atoms with Crippen molar-refractivity contribution in [1.29, 1.82) is 0 Å². The summed E-state index contributed by atoms with van der Waals surface area (Å²) >= 11 is 0. The number of methoxy groups -OCH3 is 1. The zero-order valence-corrected chi connectivity index (χ0v) is 5.19. The van der Waals surface area contributed by atoms with Gasteiger partial charge in [-0.1, -0.05) is 19.8 Å². The van der Waals surface area contributed by atoms with Crippen LogP contribution < -0.4 is 0 Å². The highest BCUT2D eigenvalue weighted by Gasteiger charge is 1.57. The van der Waals surface area contributed by atoms with Crippen molar-refractivity contribution in [3.05, 3.63) is 0 Å². The van der Waals surface area contributed by atoms with Crippen molar-refractivity contribution < 1.29 is 4.74 Å². The molecule has 0 unspecified atom stereocenters. The lowest BCUT2D eigenvalue weighted by molar-refractivity contribution is 0.240. The quantitative estimate of drug-likeness (QED) is 0.451. The van der Waals surface area contributed by atoms with Crippen LogP contribution in [0.25, 0.3) is 0 Å². The van der Waals surface area contributed by atoms with Crippen LogP contribution in [0.3, 0.4) is 0 Å². The molecule has 0 aromatic heterocycles. The third-order valence-electron chi connectivity index (χ3n) is 0.228. The Bertz CT molecular complexity index is 42.6. The number of hydrogen-bond acceptors (Lipinski definition) is 1. The molecular formula is C6H12O. The van der Waals surface area contributed by atoms with Crippen molar-refractivity contribution in [1.82, 2.24) is 0 Å². The molecule has 0 aromatic carbocycles. The van der Waals surface area contributed by atoms with Crippen LogP contribution in [0.15, 0.2) is 0 Å². The predicted octanol–water partition coefficient (Wildman–Crippen LogP) is 1.29. The summed E-state index contributed by atoms with van der Waals surface area (Å²) in [7, 11) is 1.57. The second kappa shape index (κ2) is 17.8. The zero-order chi connectivity index (χ0) is 6.12. The molecule has 0 amide bonds. The van der Waals surface area contributed by atoms with Gasteiger partial charge in [0.05, 0.1) is 0 Å². The molecule has 0 aliphatic carbocycles. The minimum atomic E-state index is 0.417. The number of ether oxygens (including phenoxy) is 1. The molecule has 0 radical (unpaired) electrons. The lowest BCUT2D eigenvalue weighted by Gasteiger charge is -1.76. The van der Waals surface area contributed by atoms with E-state index in [4.69, 9.17) is 6.42 Å².